The molecule has 0 fully saturated rings. The summed E-state index contributed by atoms with van der Waals surface area (Å²) in [6, 6.07) is 12.4. The predicted molar refractivity (Wildman–Crippen MR) is 113 cm³/mol. The number of hydrogen-bond acceptors (Lipinski definition) is 2. The molecule has 1 heterocycles. The number of benzene rings is 2. The number of rotatable bonds is 2. The molecule has 0 amide bonds. The van der Waals surface area contributed by atoms with E-state index in [1.165, 1.54) is 11.3 Å². The maximum absolute atomic E-state index is 6.55. The van der Waals surface area contributed by atoms with Crippen LogP contribution in [0.5, 0.6) is 0 Å². The molecule has 2 aromatic rings. The van der Waals surface area contributed by atoms with Crippen LogP contribution in [-0.4, -0.2) is 18.8 Å². The summed E-state index contributed by atoms with van der Waals surface area (Å²) in [5, 5.41) is 0.750. The second-order valence-corrected chi connectivity index (χ2v) is 8.69. The highest BCUT2D eigenvalue weighted by atomic mass is 127. The molecule has 0 saturated heterocycles. The van der Waals surface area contributed by atoms with Crippen molar-refractivity contribution in [2.45, 2.75) is 38.6 Å². The van der Waals surface area contributed by atoms with E-state index in [4.69, 9.17) is 11.6 Å². The highest BCUT2D eigenvalue weighted by molar-refractivity contribution is 14.1. The summed E-state index contributed by atoms with van der Waals surface area (Å²) in [4.78, 5) is 6.97. The zero-order chi connectivity index (χ0) is 17.5. The molecule has 2 nitrogen and oxygen atoms in total. The Morgan fingerprint density at radius 1 is 1.29 bits per heavy atom. The average molecular weight is 453 g/mol. The van der Waals surface area contributed by atoms with Crippen molar-refractivity contribution in [3.63, 3.8) is 0 Å². The van der Waals surface area contributed by atoms with E-state index in [1.807, 2.05) is 24.4 Å². The average Bonchev–Trinajstić information content (AvgIpc) is 2.52. The highest BCUT2D eigenvalue weighted by Crippen LogP contribution is 2.44. The van der Waals surface area contributed by atoms with Crippen LogP contribution in [0.2, 0.25) is 5.02 Å². The van der Waals surface area contributed by atoms with Crippen LogP contribution in [0.25, 0.3) is 0 Å². The molecule has 0 saturated carbocycles. The minimum absolute atomic E-state index is 0.144. The molecule has 0 N–H and O–H groups in total. The zero-order valence-electron chi connectivity index (χ0n) is 14.5. The van der Waals surface area contributed by atoms with Gasteiger partial charge in [0.25, 0.3) is 0 Å². The van der Waals surface area contributed by atoms with Gasteiger partial charge in [0, 0.05) is 33.6 Å². The van der Waals surface area contributed by atoms with Gasteiger partial charge >= 0.3 is 0 Å². The Hall–Kier alpha value is -1.07. The molecule has 0 aromatic heterocycles. The molecule has 1 unspecified atom stereocenters. The Labute approximate surface area is 163 Å². The first-order valence-corrected chi connectivity index (χ1v) is 9.61. The smallest absolute Gasteiger partial charge is 0.0763 e. The minimum Gasteiger partial charge on any atom is -0.369 e. The van der Waals surface area contributed by atoms with Gasteiger partial charge in [-0.05, 0) is 78.6 Å². The summed E-state index contributed by atoms with van der Waals surface area (Å²) in [6.45, 7) is 6.86. The third-order valence-corrected chi connectivity index (χ3v) is 6.19. The molecule has 1 atom stereocenters. The van der Waals surface area contributed by atoms with Crippen molar-refractivity contribution >= 4 is 51.8 Å². The summed E-state index contributed by atoms with van der Waals surface area (Å²) in [5.74, 6) is 0.507. The quantitative estimate of drug-likeness (QED) is 0.379. The van der Waals surface area contributed by atoms with Crippen molar-refractivity contribution in [3.8, 4) is 0 Å². The van der Waals surface area contributed by atoms with E-state index in [0.717, 1.165) is 26.3 Å². The fraction of sp³-hybridized carbons (Fsp3) is 0.350. The van der Waals surface area contributed by atoms with Crippen LogP contribution in [0, 0.1) is 3.57 Å². The lowest BCUT2D eigenvalue weighted by Crippen LogP contribution is -2.45. The van der Waals surface area contributed by atoms with Gasteiger partial charge < -0.3 is 4.90 Å². The molecular weight excluding hydrogens is 431 g/mol. The molecule has 24 heavy (non-hydrogen) atoms. The van der Waals surface area contributed by atoms with Gasteiger partial charge in [-0.25, -0.2) is 0 Å². The maximum atomic E-state index is 6.55. The SMILES string of the molecule is CC1CC(C)(C)N(C)c2cc(Cl)c(C=Nc3ccccc3I)cc21. The van der Waals surface area contributed by atoms with Gasteiger partial charge in [0.1, 0.15) is 0 Å². The van der Waals surface area contributed by atoms with E-state index >= 15 is 0 Å². The van der Waals surface area contributed by atoms with Gasteiger partial charge in [-0.2, -0.15) is 0 Å². The Balaban J connectivity index is 2.01. The third kappa shape index (κ3) is 3.33. The van der Waals surface area contributed by atoms with E-state index in [0.29, 0.717) is 5.92 Å². The Bertz CT molecular complexity index is 798. The van der Waals surface area contributed by atoms with Crippen molar-refractivity contribution in [3.05, 3.63) is 56.1 Å². The van der Waals surface area contributed by atoms with Gasteiger partial charge in [-0.15, -0.1) is 0 Å². The van der Waals surface area contributed by atoms with Crippen molar-refractivity contribution < 1.29 is 0 Å². The molecule has 4 heteroatoms. The zero-order valence-corrected chi connectivity index (χ0v) is 17.4. The van der Waals surface area contributed by atoms with Crippen LogP contribution in [0.1, 0.15) is 44.2 Å². The molecule has 0 bridgehead atoms. The van der Waals surface area contributed by atoms with E-state index in [2.05, 4.69) is 78.5 Å². The topological polar surface area (TPSA) is 15.6 Å². The number of aliphatic imine (C=N–C) groups is 1. The van der Waals surface area contributed by atoms with E-state index in [1.54, 1.807) is 0 Å². The van der Waals surface area contributed by atoms with Crippen LogP contribution in [0.15, 0.2) is 41.4 Å². The Morgan fingerprint density at radius 2 is 2.00 bits per heavy atom. The van der Waals surface area contributed by atoms with Crippen molar-refractivity contribution in [1.29, 1.82) is 0 Å². The standard InChI is InChI=1S/C20H22ClIN2/c1-13-11-20(2,3)24(4)19-10-16(21)14(9-15(13)19)12-23-18-8-6-5-7-17(18)22/h5-10,12-13H,11H2,1-4H3. The largest absolute Gasteiger partial charge is 0.369 e. The third-order valence-electron chi connectivity index (χ3n) is 4.95. The molecule has 1 aliphatic heterocycles. The summed E-state index contributed by atoms with van der Waals surface area (Å²) < 4.78 is 1.13. The monoisotopic (exact) mass is 452 g/mol. The summed E-state index contributed by atoms with van der Waals surface area (Å²) >= 11 is 8.86. The molecule has 126 valence electrons. The predicted octanol–water partition coefficient (Wildman–Crippen LogP) is 6.42. The number of hydrogen-bond donors (Lipinski definition) is 0. The Morgan fingerprint density at radius 3 is 2.71 bits per heavy atom. The number of anilines is 1. The molecule has 0 spiro atoms. The summed E-state index contributed by atoms with van der Waals surface area (Å²) in [5.41, 5.74) is 4.68. The molecule has 2 aromatic carbocycles. The number of nitrogens with zero attached hydrogens (tertiary/aromatic N) is 2. The second-order valence-electron chi connectivity index (χ2n) is 7.12. The van der Waals surface area contributed by atoms with Gasteiger partial charge in [0.05, 0.1) is 10.7 Å². The minimum atomic E-state index is 0.144. The van der Waals surface area contributed by atoms with Gasteiger partial charge in [0.2, 0.25) is 0 Å². The van der Waals surface area contributed by atoms with Crippen molar-refractivity contribution in [2.75, 3.05) is 11.9 Å². The van der Waals surface area contributed by atoms with Gasteiger partial charge in [-0.1, -0.05) is 30.7 Å². The molecule has 0 radical (unpaired) electrons. The second kappa shape index (κ2) is 6.68. The summed E-state index contributed by atoms with van der Waals surface area (Å²) in [7, 11) is 2.15. The molecule has 0 aliphatic carbocycles. The van der Waals surface area contributed by atoms with E-state index in [-0.39, 0.29) is 5.54 Å². The van der Waals surface area contributed by atoms with Gasteiger partial charge in [-0.3, -0.25) is 4.99 Å². The number of para-hydroxylation sites is 1. The first-order chi connectivity index (χ1) is 11.3. The van der Waals surface area contributed by atoms with Crippen LogP contribution >= 0.6 is 34.2 Å². The molecular formula is C20H22ClIN2. The first-order valence-electron chi connectivity index (χ1n) is 8.15. The Kier molecular flexibility index (Phi) is 4.94. The summed E-state index contributed by atoms with van der Waals surface area (Å²) in [6.07, 6.45) is 3.01. The highest BCUT2D eigenvalue weighted by Gasteiger charge is 2.34. The lowest BCUT2D eigenvalue weighted by molar-refractivity contribution is 0.395. The van der Waals surface area contributed by atoms with Crippen molar-refractivity contribution in [2.24, 2.45) is 4.99 Å². The molecule has 1 aliphatic rings. The fourth-order valence-corrected chi connectivity index (χ4v) is 4.13. The maximum Gasteiger partial charge on any atom is 0.0763 e. The van der Waals surface area contributed by atoms with Crippen LogP contribution in [0.4, 0.5) is 11.4 Å². The van der Waals surface area contributed by atoms with E-state index < -0.39 is 0 Å². The lowest BCUT2D eigenvalue weighted by Gasteiger charge is -2.45. The number of halogens is 2. The normalized spacial score (nSPS) is 19.6. The lowest BCUT2D eigenvalue weighted by atomic mass is 9.80. The molecule has 3 rings (SSSR count). The van der Waals surface area contributed by atoms with Crippen LogP contribution < -0.4 is 4.90 Å². The van der Waals surface area contributed by atoms with Gasteiger partial charge in [0.15, 0.2) is 0 Å². The fourth-order valence-electron chi connectivity index (χ4n) is 3.40. The van der Waals surface area contributed by atoms with Crippen molar-refractivity contribution in [1.82, 2.24) is 0 Å². The van der Waals surface area contributed by atoms with Crippen LogP contribution in [0.3, 0.4) is 0 Å². The van der Waals surface area contributed by atoms with Crippen LogP contribution in [-0.2, 0) is 0 Å². The van der Waals surface area contributed by atoms with E-state index in [9.17, 15) is 0 Å². The number of fused-ring (bicyclic) bond motifs is 1. The first kappa shape index (κ1) is 17.7.